The summed E-state index contributed by atoms with van der Waals surface area (Å²) in [6, 6.07) is 12.4. The second kappa shape index (κ2) is 9.33. The third kappa shape index (κ3) is 4.94. The van der Waals surface area contributed by atoms with Crippen molar-refractivity contribution < 1.29 is 18.7 Å². The summed E-state index contributed by atoms with van der Waals surface area (Å²) in [5.74, 6) is -0.522. The molecule has 30 heavy (non-hydrogen) atoms. The maximum atomic E-state index is 13.1. The predicted molar refractivity (Wildman–Crippen MR) is 111 cm³/mol. The average molecular weight is 413 g/mol. The topological polar surface area (TPSA) is 43.8 Å². The van der Waals surface area contributed by atoms with E-state index in [0.29, 0.717) is 18.7 Å². The molecule has 0 aromatic heterocycles. The number of Topliss-reactive ketones (excluding diaryl/α,β-unsaturated/α-hetero) is 1. The summed E-state index contributed by atoms with van der Waals surface area (Å²) in [7, 11) is 0. The Bertz CT molecular complexity index is 849. The number of halogens is 2. The highest BCUT2D eigenvalue weighted by atomic mass is 19.1. The fourth-order valence-corrected chi connectivity index (χ4v) is 4.75. The number of benzene rings is 2. The van der Waals surface area contributed by atoms with E-state index in [4.69, 9.17) is 0 Å². The number of rotatable bonds is 5. The molecule has 2 fully saturated rings. The minimum absolute atomic E-state index is 0.0394. The van der Waals surface area contributed by atoms with Gasteiger partial charge in [-0.3, -0.25) is 14.6 Å². The summed E-state index contributed by atoms with van der Waals surface area (Å²) in [5, 5.41) is 10.7. The van der Waals surface area contributed by atoms with Gasteiger partial charge in [0.2, 0.25) is 0 Å². The third-order valence-electron chi connectivity index (χ3n) is 6.45. The van der Waals surface area contributed by atoms with Gasteiger partial charge in [0.05, 0.1) is 6.10 Å². The second-order valence-corrected chi connectivity index (χ2v) is 8.47. The first-order valence-corrected chi connectivity index (χ1v) is 10.7. The lowest BCUT2D eigenvalue weighted by molar-refractivity contribution is -0.0251. The number of aliphatic hydroxyl groups excluding tert-OH is 1. The van der Waals surface area contributed by atoms with Crippen molar-refractivity contribution in [3.05, 3.63) is 71.3 Å². The van der Waals surface area contributed by atoms with Crippen molar-refractivity contribution in [2.24, 2.45) is 5.92 Å². The van der Waals surface area contributed by atoms with Gasteiger partial charge in [-0.05, 0) is 74.3 Å². The average Bonchev–Trinajstić information content (AvgIpc) is 2.76. The number of piperidine rings is 2. The van der Waals surface area contributed by atoms with Crippen LogP contribution in [0.3, 0.4) is 0 Å². The van der Waals surface area contributed by atoms with Crippen molar-refractivity contribution in [1.29, 1.82) is 0 Å². The number of ketones is 1. The van der Waals surface area contributed by atoms with Crippen LogP contribution in [0.15, 0.2) is 48.5 Å². The minimum atomic E-state index is -0.441. The molecule has 4 nitrogen and oxygen atoms in total. The molecule has 4 rings (SSSR count). The second-order valence-electron chi connectivity index (χ2n) is 8.47. The molecule has 0 spiro atoms. The summed E-state index contributed by atoms with van der Waals surface area (Å²) in [4.78, 5) is 17.2. The Kier molecular flexibility index (Phi) is 6.56. The number of hydrogen-bond acceptors (Lipinski definition) is 4. The zero-order valence-electron chi connectivity index (χ0n) is 17.0. The van der Waals surface area contributed by atoms with E-state index in [0.717, 1.165) is 44.5 Å². The molecule has 0 bridgehead atoms. The maximum Gasteiger partial charge on any atom is 0.166 e. The molecule has 0 radical (unpaired) electrons. The number of carbonyl (C=O) groups is 1. The van der Waals surface area contributed by atoms with Crippen LogP contribution in [0.5, 0.6) is 0 Å². The fourth-order valence-electron chi connectivity index (χ4n) is 4.75. The normalized spacial score (nSPS) is 24.1. The highest BCUT2D eigenvalue weighted by Crippen LogP contribution is 2.27. The first kappa shape index (κ1) is 21.1. The van der Waals surface area contributed by atoms with Crippen molar-refractivity contribution in [3.63, 3.8) is 0 Å². The van der Waals surface area contributed by atoms with Crippen LogP contribution in [0.2, 0.25) is 0 Å². The molecule has 2 aromatic carbocycles. The summed E-state index contributed by atoms with van der Waals surface area (Å²) in [6.45, 7) is 3.76. The maximum absolute atomic E-state index is 13.1. The first-order valence-electron chi connectivity index (χ1n) is 10.7. The van der Waals surface area contributed by atoms with E-state index >= 15 is 0 Å². The molecule has 2 aliphatic heterocycles. The SMILES string of the molecule is O=C(c1ccc([18F])cc1)C1CCN([C@H]2CCN(Cc3ccc(F)cc3)C[C@H]2O)CC1. The van der Waals surface area contributed by atoms with Crippen molar-refractivity contribution in [3.8, 4) is 0 Å². The van der Waals surface area contributed by atoms with Crippen molar-refractivity contribution >= 4 is 5.78 Å². The molecule has 6 heteroatoms. The van der Waals surface area contributed by atoms with Gasteiger partial charge < -0.3 is 5.11 Å². The summed E-state index contributed by atoms with van der Waals surface area (Å²) in [5.41, 5.74) is 1.62. The van der Waals surface area contributed by atoms with Crippen molar-refractivity contribution in [2.45, 2.75) is 38.0 Å². The number of β-amino-alcohol motifs (C(OH)–C–C–N with tert-alkyl or cyclic N) is 1. The van der Waals surface area contributed by atoms with Crippen LogP contribution >= 0.6 is 0 Å². The molecule has 2 heterocycles. The van der Waals surface area contributed by atoms with E-state index in [1.165, 1.54) is 24.3 Å². The predicted octanol–water partition coefficient (Wildman–Crippen LogP) is 3.49. The third-order valence-corrected chi connectivity index (χ3v) is 6.45. The lowest BCUT2D eigenvalue weighted by Gasteiger charge is -2.44. The molecule has 1 N–H and O–H groups in total. The van der Waals surface area contributed by atoms with E-state index in [1.54, 1.807) is 24.3 Å². The standard InChI is InChI=1S/C24H28F2N2O2/c25-20-5-1-17(2-6-20)15-27-12-11-22(23(29)16-27)28-13-9-19(10-14-28)24(30)18-3-7-21(26)8-4-18/h1-8,19,22-23,29H,9-16H2/t22-,23+/m0/s1/i26-1. The van der Waals surface area contributed by atoms with Gasteiger partial charge in [0.15, 0.2) is 5.78 Å². The van der Waals surface area contributed by atoms with Gasteiger partial charge in [-0.25, -0.2) is 8.78 Å². The minimum Gasteiger partial charge on any atom is -0.390 e. The molecule has 2 aliphatic rings. The van der Waals surface area contributed by atoms with Gasteiger partial charge in [0.25, 0.3) is 0 Å². The van der Waals surface area contributed by atoms with Crippen LogP contribution < -0.4 is 0 Å². The van der Waals surface area contributed by atoms with Gasteiger partial charge in [0.1, 0.15) is 11.6 Å². The van der Waals surface area contributed by atoms with Gasteiger partial charge >= 0.3 is 0 Å². The quantitative estimate of drug-likeness (QED) is 0.762. The Hall–Kier alpha value is -2.15. The van der Waals surface area contributed by atoms with Crippen LogP contribution in [-0.4, -0.2) is 59.0 Å². The van der Waals surface area contributed by atoms with E-state index in [9.17, 15) is 18.7 Å². The number of carbonyl (C=O) groups excluding carboxylic acids is 1. The smallest absolute Gasteiger partial charge is 0.166 e. The molecule has 2 aromatic rings. The van der Waals surface area contributed by atoms with E-state index in [-0.39, 0.29) is 29.4 Å². The summed E-state index contributed by atoms with van der Waals surface area (Å²) >= 11 is 0. The number of aliphatic hydroxyl groups is 1. The van der Waals surface area contributed by atoms with E-state index < -0.39 is 6.10 Å². The molecule has 2 saturated heterocycles. The van der Waals surface area contributed by atoms with Crippen LogP contribution in [0, 0.1) is 17.6 Å². The molecular formula is C24H28F2N2O2. The monoisotopic (exact) mass is 413 g/mol. The van der Waals surface area contributed by atoms with E-state index in [1.807, 2.05) is 0 Å². The number of likely N-dealkylation sites (tertiary alicyclic amines) is 2. The molecule has 0 amide bonds. The van der Waals surface area contributed by atoms with Gasteiger partial charge in [-0.1, -0.05) is 12.1 Å². The Morgan fingerprint density at radius 1 is 0.900 bits per heavy atom. The van der Waals surface area contributed by atoms with Gasteiger partial charge in [-0.2, -0.15) is 0 Å². The highest BCUT2D eigenvalue weighted by Gasteiger charge is 2.35. The highest BCUT2D eigenvalue weighted by molar-refractivity contribution is 5.97. The number of hydrogen-bond donors (Lipinski definition) is 1. The molecular weight excluding hydrogens is 385 g/mol. The van der Waals surface area contributed by atoms with Crippen molar-refractivity contribution in [2.75, 3.05) is 26.2 Å². The number of nitrogens with zero attached hydrogens (tertiary/aromatic N) is 2. The fraction of sp³-hybridized carbons (Fsp3) is 0.458. The Morgan fingerprint density at radius 2 is 1.50 bits per heavy atom. The molecule has 0 unspecified atom stereocenters. The van der Waals surface area contributed by atoms with Crippen LogP contribution in [0.4, 0.5) is 8.78 Å². The van der Waals surface area contributed by atoms with Crippen LogP contribution in [0.1, 0.15) is 35.2 Å². The molecule has 0 aliphatic carbocycles. The Balaban J connectivity index is 1.27. The zero-order valence-corrected chi connectivity index (χ0v) is 17.0. The Labute approximate surface area is 176 Å². The zero-order chi connectivity index (χ0) is 21.1. The summed E-state index contributed by atoms with van der Waals surface area (Å²) in [6.07, 6.45) is 1.96. The van der Waals surface area contributed by atoms with Crippen LogP contribution in [0.25, 0.3) is 0 Å². The molecule has 0 saturated carbocycles. The first-order chi connectivity index (χ1) is 14.5. The Morgan fingerprint density at radius 3 is 2.10 bits per heavy atom. The van der Waals surface area contributed by atoms with Gasteiger partial charge in [0, 0.05) is 37.2 Å². The summed E-state index contributed by atoms with van der Waals surface area (Å²) < 4.78 is 26.2. The molecule has 160 valence electrons. The van der Waals surface area contributed by atoms with Crippen molar-refractivity contribution in [1.82, 2.24) is 9.80 Å². The largest absolute Gasteiger partial charge is 0.390 e. The lowest BCUT2D eigenvalue weighted by atomic mass is 9.87. The van der Waals surface area contributed by atoms with Crippen LogP contribution in [-0.2, 0) is 6.54 Å². The van der Waals surface area contributed by atoms with E-state index in [2.05, 4.69) is 9.80 Å². The van der Waals surface area contributed by atoms with Gasteiger partial charge in [-0.15, -0.1) is 0 Å². The molecule has 2 atom stereocenters. The lowest BCUT2D eigenvalue weighted by Crippen LogP contribution is -2.55.